The van der Waals surface area contributed by atoms with Crippen LogP contribution in [0.5, 0.6) is 0 Å². The van der Waals surface area contributed by atoms with Gasteiger partial charge in [-0.15, -0.1) is 11.3 Å². The summed E-state index contributed by atoms with van der Waals surface area (Å²) < 4.78 is 0. The van der Waals surface area contributed by atoms with E-state index in [1.54, 1.807) is 11.3 Å². The number of nitrogens with one attached hydrogen (secondary N) is 3. The monoisotopic (exact) mass is 360 g/mol. The number of anilines is 1. The molecule has 0 aliphatic heterocycles. The minimum absolute atomic E-state index is 0.0377. The van der Waals surface area contributed by atoms with Crippen LogP contribution in [-0.4, -0.2) is 31.4 Å². The first-order valence-corrected chi connectivity index (χ1v) is 9.35. The van der Waals surface area contributed by atoms with Crippen molar-refractivity contribution in [2.75, 3.05) is 25.0 Å². The summed E-state index contributed by atoms with van der Waals surface area (Å²) in [6, 6.07) is 9.82. The minimum atomic E-state index is -0.0776. The maximum Gasteiger partial charge on any atom is 0.279 e. The summed E-state index contributed by atoms with van der Waals surface area (Å²) in [5.41, 5.74) is 3.14. The summed E-state index contributed by atoms with van der Waals surface area (Å²) >= 11 is 1.62. The minimum Gasteiger partial charge on any atom is -0.346 e. The Hall–Kier alpha value is -2.18. The lowest BCUT2D eigenvalue weighted by Crippen LogP contribution is -3.13. The number of rotatable bonds is 8. The van der Waals surface area contributed by atoms with Gasteiger partial charge in [-0.1, -0.05) is 12.1 Å². The molecular weight excluding hydrogens is 334 g/mol. The topological polar surface area (TPSA) is 62.6 Å². The smallest absolute Gasteiger partial charge is 0.279 e. The van der Waals surface area contributed by atoms with Crippen LogP contribution >= 0.6 is 11.3 Å². The molecule has 0 fully saturated rings. The van der Waals surface area contributed by atoms with Crippen LogP contribution in [0.1, 0.15) is 22.9 Å². The summed E-state index contributed by atoms with van der Waals surface area (Å²) in [5.74, 6) is -0.115. The van der Waals surface area contributed by atoms with Gasteiger partial charge in [0.2, 0.25) is 0 Å². The molecule has 25 heavy (non-hydrogen) atoms. The maximum absolute atomic E-state index is 12.2. The summed E-state index contributed by atoms with van der Waals surface area (Å²) in [5, 5.41) is 7.81. The van der Waals surface area contributed by atoms with E-state index in [0.29, 0.717) is 19.6 Å². The third-order valence-corrected chi connectivity index (χ3v) is 5.03. The molecule has 0 saturated heterocycles. The SMILES string of the molecule is CC[NH+](CC(=O)NCc1cccs1)CC(=O)Nc1ccc(C)c(C)c1. The Morgan fingerprint density at radius 1 is 1.08 bits per heavy atom. The fourth-order valence-electron chi connectivity index (χ4n) is 2.45. The third kappa shape index (κ3) is 6.32. The highest BCUT2D eigenvalue weighted by molar-refractivity contribution is 7.09. The van der Waals surface area contributed by atoms with E-state index in [1.165, 1.54) is 5.56 Å². The zero-order chi connectivity index (χ0) is 18.2. The molecule has 0 aliphatic carbocycles. The van der Waals surface area contributed by atoms with Gasteiger partial charge < -0.3 is 15.5 Å². The lowest BCUT2D eigenvalue weighted by molar-refractivity contribution is -0.881. The lowest BCUT2D eigenvalue weighted by Gasteiger charge is -2.17. The second-order valence-electron chi connectivity index (χ2n) is 6.16. The van der Waals surface area contributed by atoms with Gasteiger partial charge >= 0.3 is 0 Å². The fraction of sp³-hybridized carbons (Fsp3) is 0.368. The highest BCUT2D eigenvalue weighted by Gasteiger charge is 2.16. The molecule has 1 heterocycles. The van der Waals surface area contributed by atoms with E-state index < -0.39 is 0 Å². The summed E-state index contributed by atoms with van der Waals surface area (Å²) in [6.45, 7) is 7.86. The molecule has 1 aromatic heterocycles. The zero-order valence-electron chi connectivity index (χ0n) is 15.0. The molecule has 134 valence electrons. The summed E-state index contributed by atoms with van der Waals surface area (Å²) in [4.78, 5) is 26.4. The normalized spacial score (nSPS) is 11.8. The molecular formula is C19H26N3O2S+. The highest BCUT2D eigenvalue weighted by atomic mass is 32.1. The Balaban J connectivity index is 1.80. The van der Waals surface area contributed by atoms with Crippen LogP contribution in [0.15, 0.2) is 35.7 Å². The predicted octanol–water partition coefficient (Wildman–Crippen LogP) is 1.52. The summed E-state index contributed by atoms with van der Waals surface area (Å²) in [6.07, 6.45) is 0. The first-order chi connectivity index (χ1) is 12.0. The van der Waals surface area contributed by atoms with E-state index in [4.69, 9.17) is 0 Å². The highest BCUT2D eigenvalue weighted by Crippen LogP contribution is 2.13. The molecule has 0 saturated carbocycles. The van der Waals surface area contributed by atoms with Crippen molar-refractivity contribution < 1.29 is 14.5 Å². The molecule has 1 unspecified atom stereocenters. The van der Waals surface area contributed by atoms with Crippen molar-refractivity contribution in [1.29, 1.82) is 0 Å². The predicted molar refractivity (Wildman–Crippen MR) is 102 cm³/mol. The molecule has 0 spiro atoms. The van der Waals surface area contributed by atoms with Crippen molar-refractivity contribution in [1.82, 2.24) is 5.32 Å². The second kappa shape index (κ2) is 9.34. The number of likely N-dealkylation sites (N-methyl/N-ethyl adjacent to an activating group) is 1. The number of amides is 2. The maximum atomic E-state index is 12.2. The number of benzene rings is 1. The van der Waals surface area contributed by atoms with Crippen LogP contribution in [-0.2, 0) is 16.1 Å². The molecule has 1 atom stereocenters. The van der Waals surface area contributed by atoms with E-state index >= 15 is 0 Å². The van der Waals surface area contributed by atoms with E-state index in [0.717, 1.165) is 21.0 Å². The molecule has 0 bridgehead atoms. The first-order valence-electron chi connectivity index (χ1n) is 8.47. The van der Waals surface area contributed by atoms with Gasteiger partial charge in [-0.2, -0.15) is 0 Å². The van der Waals surface area contributed by atoms with Crippen molar-refractivity contribution in [3.05, 3.63) is 51.7 Å². The number of carbonyl (C=O) groups excluding carboxylic acids is 2. The van der Waals surface area contributed by atoms with Gasteiger partial charge in [-0.25, -0.2) is 0 Å². The van der Waals surface area contributed by atoms with Crippen LogP contribution in [0.25, 0.3) is 0 Å². The van der Waals surface area contributed by atoms with Gasteiger partial charge in [0.15, 0.2) is 13.1 Å². The van der Waals surface area contributed by atoms with E-state index in [9.17, 15) is 9.59 Å². The van der Waals surface area contributed by atoms with Crippen molar-refractivity contribution in [2.45, 2.75) is 27.3 Å². The Bertz CT molecular complexity index is 713. The number of thiophene rings is 1. The van der Waals surface area contributed by atoms with Gasteiger partial charge in [0, 0.05) is 10.6 Å². The standard InChI is InChI=1S/C19H25N3O2S/c1-4-22(12-18(23)20-11-17-6-5-9-25-17)13-19(24)21-16-8-7-14(2)15(3)10-16/h5-10H,4,11-13H2,1-3H3,(H,20,23)(H,21,24)/p+1. The average molecular weight is 361 g/mol. The molecule has 0 aliphatic rings. The molecule has 1 aromatic carbocycles. The Labute approximate surface area is 153 Å². The quantitative estimate of drug-likeness (QED) is 0.668. The molecule has 6 heteroatoms. The van der Waals surface area contributed by atoms with Crippen LogP contribution in [0.2, 0.25) is 0 Å². The van der Waals surface area contributed by atoms with Crippen molar-refractivity contribution in [3.63, 3.8) is 0 Å². The Morgan fingerprint density at radius 3 is 2.48 bits per heavy atom. The summed E-state index contributed by atoms with van der Waals surface area (Å²) in [7, 11) is 0. The van der Waals surface area contributed by atoms with Crippen LogP contribution in [0, 0.1) is 13.8 Å². The van der Waals surface area contributed by atoms with Crippen LogP contribution in [0.4, 0.5) is 5.69 Å². The van der Waals surface area contributed by atoms with Gasteiger partial charge in [0.1, 0.15) is 0 Å². The number of aryl methyl sites for hydroxylation is 2. The Kier molecular flexibility index (Phi) is 7.16. The van der Waals surface area contributed by atoms with E-state index in [-0.39, 0.29) is 18.4 Å². The van der Waals surface area contributed by atoms with Gasteiger partial charge in [-0.3, -0.25) is 9.59 Å². The van der Waals surface area contributed by atoms with Crippen molar-refractivity contribution in [2.24, 2.45) is 0 Å². The zero-order valence-corrected chi connectivity index (χ0v) is 15.8. The van der Waals surface area contributed by atoms with Crippen LogP contribution in [0.3, 0.4) is 0 Å². The van der Waals surface area contributed by atoms with Gasteiger partial charge in [0.05, 0.1) is 13.1 Å². The Morgan fingerprint density at radius 2 is 1.84 bits per heavy atom. The molecule has 2 aromatic rings. The van der Waals surface area contributed by atoms with Gasteiger partial charge in [-0.05, 0) is 55.5 Å². The number of hydrogen-bond acceptors (Lipinski definition) is 3. The lowest BCUT2D eigenvalue weighted by atomic mass is 10.1. The van der Waals surface area contributed by atoms with E-state index in [1.807, 2.05) is 56.5 Å². The van der Waals surface area contributed by atoms with Crippen molar-refractivity contribution >= 4 is 28.8 Å². The molecule has 2 rings (SSSR count). The second-order valence-corrected chi connectivity index (χ2v) is 7.19. The molecule has 0 radical (unpaired) electrons. The molecule has 3 N–H and O–H groups in total. The largest absolute Gasteiger partial charge is 0.346 e. The van der Waals surface area contributed by atoms with E-state index in [2.05, 4.69) is 10.6 Å². The first kappa shape index (κ1) is 19.1. The number of hydrogen-bond donors (Lipinski definition) is 3. The third-order valence-electron chi connectivity index (χ3n) is 4.15. The van der Waals surface area contributed by atoms with Crippen molar-refractivity contribution in [3.8, 4) is 0 Å². The molecule has 5 nitrogen and oxygen atoms in total. The average Bonchev–Trinajstić information content (AvgIpc) is 3.09. The van der Waals surface area contributed by atoms with Gasteiger partial charge in [0.25, 0.3) is 11.8 Å². The number of quaternary nitrogens is 1. The number of carbonyl (C=O) groups is 2. The molecule has 2 amide bonds. The van der Waals surface area contributed by atoms with Crippen LogP contribution < -0.4 is 15.5 Å². The fourth-order valence-corrected chi connectivity index (χ4v) is 3.10.